The summed E-state index contributed by atoms with van der Waals surface area (Å²) in [5.41, 5.74) is 6.40. The van der Waals surface area contributed by atoms with Crippen LogP contribution in [0.2, 0.25) is 0 Å². The zero-order valence-corrected chi connectivity index (χ0v) is 13.5. The van der Waals surface area contributed by atoms with Gasteiger partial charge in [-0.25, -0.2) is 0 Å². The van der Waals surface area contributed by atoms with Crippen molar-refractivity contribution in [3.8, 4) is 6.07 Å². The number of likely N-dealkylation sites (tertiary alicyclic amines) is 1. The lowest BCUT2D eigenvalue weighted by Crippen LogP contribution is -2.54. The van der Waals surface area contributed by atoms with Crippen LogP contribution in [0.3, 0.4) is 0 Å². The highest BCUT2D eigenvalue weighted by molar-refractivity contribution is 5.94. The molecule has 6 nitrogen and oxygen atoms in total. The van der Waals surface area contributed by atoms with Gasteiger partial charge >= 0.3 is 0 Å². The summed E-state index contributed by atoms with van der Waals surface area (Å²) in [6, 6.07) is 8.79. The lowest BCUT2D eigenvalue weighted by molar-refractivity contribution is -0.148. The smallest absolute Gasteiger partial charge is 0.253 e. The molecule has 1 spiro atoms. The molecule has 3 rings (SSSR count). The Bertz CT molecular complexity index is 670. The fourth-order valence-corrected chi connectivity index (χ4v) is 3.71. The molecule has 24 heavy (non-hydrogen) atoms. The zero-order chi connectivity index (χ0) is 17.2. The summed E-state index contributed by atoms with van der Waals surface area (Å²) < 4.78 is 5.63. The Hall–Kier alpha value is -2.39. The third kappa shape index (κ3) is 3.13. The number of ether oxygens (including phenoxy) is 1. The molecule has 2 amide bonds. The predicted octanol–water partition coefficient (Wildman–Crippen LogP) is 1.44. The molecule has 2 aliphatic rings. The van der Waals surface area contributed by atoms with Gasteiger partial charge in [0, 0.05) is 24.1 Å². The highest BCUT2D eigenvalue weighted by Crippen LogP contribution is 2.50. The number of amides is 2. The number of nitrogens with zero attached hydrogens (tertiary/aromatic N) is 2. The fraction of sp³-hybridized carbons (Fsp3) is 0.500. The molecule has 6 heteroatoms. The van der Waals surface area contributed by atoms with Gasteiger partial charge in [-0.2, -0.15) is 5.26 Å². The summed E-state index contributed by atoms with van der Waals surface area (Å²) in [5, 5.41) is 8.82. The largest absolute Gasteiger partial charge is 0.368 e. The van der Waals surface area contributed by atoms with Crippen LogP contribution in [0.5, 0.6) is 0 Å². The molecule has 1 saturated heterocycles. The Morgan fingerprint density at radius 1 is 1.25 bits per heavy atom. The molecule has 1 aromatic carbocycles. The van der Waals surface area contributed by atoms with Crippen LogP contribution in [-0.2, 0) is 9.53 Å². The first-order chi connectivity index (χ1) is 11.5. The molecule has 2 N–H and O–H groups in total. The summed E-state index contributed by atoms with van der Waals surface area (Å²) in [7, 11) is 0. The van der Waals surface area contributed by atoms with Crippen molar-refractivity contribution in [1.82, 2.24) is 4.90 Å². The van der Waals surface area contributed by atoms with Gasteiger partial charge in [-0.3, -0.25) is 9.59 Å². The molecule has 1 heterocycles. The van der Waals surface area contributed by atoms with Gasteiger partial charge in [0.1, 0.15) is 6.61 Å². The van der Waals surface area contributed by atoms with Crippen molar-refractivity contribution in [3.63, 3.8) is 0 Å². The highest BCUT2D eigenvalue weighted by Gasteiger charge is 2.49. The van der Waals surface area contributed by atoms with E-state index in [4.69, 9.17) is 15.7 Å². The molecule has 2 fully saturated rings. The average Bonchev–Trinajstić information content (AvgIpc) is 2.60. The Kier molecular flexibility index (Phi) is 4.54. The van der Waals surface area contributed by atoms with Crippen LogP contribution in [0, 0.1) is 16.7 Å². The molecular weight excluding hydrogens is 306 g/mol. The van der Waals surface area contributed by atoms with Crippen molar-refractivity contribution >= 4 is 11.8 Å². The Morgan fingerprint density at radius 3 is 2.42 bits per heavy atom. The van der Waals surface area contributed by atoms with E-state index in [1.807, 2.05) is 4.90 Å². The van der Waals surface area contributed by atoms with Crippen molar-refractivity contribution in [2.24, 2.45) is 11.1 Å². The molecule has 1 unspecified atom stereocenters. The number of carbonyl (C=O) groups excluding carboxylic acids is 2. The molecule has 1 aliphatic carbocycles. The van der Waals surface area contributed by atoms with Crippen LogP contribution in [0.4, 0.5) is 0 Å². The van der Waals surface area contributed by atoms with E-state index in [2.05, 4.69) is 6.07 Å². The lowest BCUT2D eigenvalue weighted by atomic mass is 9.60. The van der Waals surface area contributed by atoms with Crippen molar-refractivity contribution in [3.05, 3.63) is 35.4 Å². The number of rotatable bonds is 4. The first-order valence-corrected chi connectivity index (χ1v) is 8.23. The summed E-state index contributed by atoms with van der Waals surface area (Å²) in [4.78, 5) is 25.3. The van der Waals surface area contributed by atoms with Crippen LogP contribution >= 0.6 is 0 Å². The minimum atomic E-state index is -0.439. The van der Waals surface area contributed by atoms with Crippen molar-refractivity contribution in [2.75, 3.05) is 19.7 Å². The van der Waals surface area contributed by atoms with E-state index in [-0.39, 0.29) is 24.0 Å². The molecule has 1 aliphatic heterocycles. The number of hydrogen-bond acceptors (Lipinski definition) is 4. The first kappa shape index (κ1) is 16.5. The molecule has 0 aromatic heterocycles. The van der Waals surface area contributed by atoms with Gasteiger partial charge in [-0.1, -0.05) is 0 Å². The summed E-state index contributed by atoms with van der Waals surface area (Å²) in [6.07, 6.45) is 3.89. The van der Waals surface area contributed by atoms with E-state index >= 15 is 0 Å². The minimum absolute atomic E-state index is 0.00303. The number of benzene rings is 1. The van der Waals surface area contributed by atoms with Crippen LogP contribution in [-0.4, -0.2) is 42.5 Å². The molecule has 0 radical (unpaired) electrons. The zero-order valence-electron chi connectivity index (χ0n) is 13.5. The summed E-state index contributed by atoms with van der Waals surface area (Å²) in [6.45, 7) is 1.35. The lowest BCUT2D eigenvalue weighted by Gasteiger charge is -2.53. The molecule has 1 atom stereocenters. The minimum Gasteiger partial charge on any atom is -0.368 e. The first-order valence-electron chi connectivity index (χ1n) is 8.23. The second kappa shape index (κ2) is 6.62. The summed E-state index contributed by atoms with van der Waals surface area (Å²) >= 11 is 0. The normalized spacial score (nSPS) is 21.8. The van der Waals surface area contributed by atoms with E-state index in [9.17, 15) is 9.59 Å². The number of primary amides is 1. The predicted molar refractivity (Wildman–Crippen MR) is 86.9 cm³/mol. The molecular formula is C18H21N3O3. The topological polar surface area (TPSA) is 96.4 Å². The van der Waals surface area contributed by atoms with Crippen LogP contribution in [0.25, 0.3) is 0 Å². The number of nitriles is 1. The van der Waals surface area contributed by atoms with Gasteiger partial charge in [-0.05, 0) is 49.9 Å². The highest BCUT2D eigenvalue weighted by atomic mass is 16.5. The van der Waals surface area contributed by atoms with Gasteiger partial charge in [-0.15, -0.1) is 0 Å². The molecule has 1 saturated carbocycles. The van der Waals surface area contributed by atoms with E-state index in [0.717, 1.165) is 25.7 Å². The number of nitrogens with two attached hydrogens (primary N) is 1. The van der Waals surface area contributed by atoms with Crippen LogP contribution in [0.15, 0.2) is 24.3 Å². The van der Waals surface area contributed by atoms with E-state index in [0.29, 0.717) is 24.2 Å². The third-order valence-electron chi connectivity index (χ3n) is 5.32. The maximum atomic E-state index is 12.6. The van der Waals surface area contributed by atoms with Gasteiger partial charge in [0.05, 0.1) is 17.7 Å². The molecule has 0 bridgehead atoms. The maximum absolute atomic E-state index is 12.6. The van der Waals surface area contributed by atoms with Crippen molar-refractivity contribution in [2.45, 2.75) is 31.8 Å². The second-order valence-electron chi connectivity index (χ2n) is 6.65. The maximum Gasteiger partial charge on any atom is 0.253 e. The average molecular weight is 327 g/mol. The van der Waals surface area contributed by atoms with E-state index in [1.165, 1.54) is 0 Å². The molecule has 126 valence electrons. The SMILES string of the molecule is N#Cc1ccc(C(=O)N2CCC3(CCC3OCC(N)=O)CC2)cc1. The quantitative estimate of drug-likeness (QED) is 0.905. The summed E-state index contributed by atoms with van der Waals surface area (Å²) in [5.74, 6) is -0.436. The van der Waals surface area contributed by atoms with Crippen molar-refractivity contribution < 1.29 is 14.3 Å². The Labute approximate surface area is 141 Å². The van der Waals surface area contributed by atoms with Gasteiger partial charge in [0.15, 0.2) is 0 Å². The van der Waals surface area contributed by atoms with E-state index < -0.39 is 5.91 Å². The van der Waals surface area contributed by atoms with Crippen LogP contribution in [0.1, 0.15) is 41.6 Å². The third-order valence-corrected chi connectivity index (χ3v) is 5.32. The monoisotopic (exact) mass is 327 g/mol. The van der Waals surface area contributed by atoms with Gasteiger partial charge < -0.3 is 15.4 Å². The van der Waals surface area contributed by atoms with Gasteiger partial charge in [0.25, 0.3) is 5.91 Å². The number of carbonyl (C=O) groups is 2. The standard InChI is InChI=1S/C18H21N3O3/c19-11-13-1-3-14(4-2-13)17(23)21-9-7-18(8-10-21)6-5-15(18)24-12-16(20)22/h1-4,15H,5-10,12H2,(H2,20,22). The van der Waals surface area contributed by atoms with Crippen LogP contribution < -0.4 is 5.73 Å². The van der Waals surface area contributed by atoms with Gasteiger partial charge in [0.2, 0.25) is 5.91 Å². The Morgan fingerprint density at radius 2 is 1.92 bits per heavy atom. The van der Waals surface area contributed by atoms with E-state index in [1.54, 1.807) is 24.3 Å². The Balaban J connectivity index is 1.57. The second-order valence-corrected chi connectivity index (χ2v) is 6.65. The van der Waals surface area contributed by atoms with Crippen molar-refractivity contribution in [1.29, 1.82) is 5.26 Å². The molecule has 1 aromatic rings. The fourth-order valence-electron chi connectivity index (χ4n) is 3.71. The number of piperidine rings is 1. The number of hydrogen-bond donors (Lipinski definition) is 1.